The van der Waals surface area contributed by atoms with Gasteiger partial charge in [0.1, 0.15) is 0 Å². The van der Waals surface area contributed by atoms with Crippen molar-refractivity contribution in [3.8, 4) is 0 Å². The molecule has 0 bridgehead atoms. The third-order valence-electron chi connectivity index (χ3n) is 4.69. The molecular formula is C21H23NO5S. The maximum atomic E-state index is 12.8. The Bertz CT molecular complexity index is 939. The highest BCUT2D eigenvalue weighted by atomic mass is 32.2. The molecule has 0 aromatic heterocycles. The minimum Gasteiger partial charge on any atom is -0.447 e. The fourth-order valence-electron chi connectivity index (χ4n) is 3.19. The van der Waals surface area contributed by atoms with E-state index in [0.29, 0.717) is 17.7 Å². The quantitative estimate of drug-likeness (QED) is 0.752. The number of rotatable bonds is 6. The Kier molecular flexibility index (Phi) is 6.14. The summed E-state index contributed by atoms with van der Waals surface area (Å²) >= 11 is 0. The molecule has 148 valence electrons. The van der Waals surface area contributed by atoms with Crippen LogP contribution in [0.3, 0.4) is 0 Å². The first kappa shape index (κ1) is 20.1. The van der Waals surface area contributed by atoms with E-state index in [1.165, 1.54) is 0 Å². The van der Waals surface area contributed by atoms with Gasteiger partial charge in [0.05, 0.1) is 11.5 Å². The van der Waals surface area contributed by atoms with Gasteiger partial charge < -0.3 is 10.1 Å². The number of amides is 1. The number of esters is 1. The summed E-state index contributed by atoms with van der Waals surface area (Å²) in [5.41, 5.74) is 2.23. The lowest BCUT2D eigenvalue weighted by atomic mass is 10.1. The van der Waals surface area contributed by atoms with Gasteiger partial charge in [0, 0.05) is 17.7 Å². The van der Waals surface area contributed by atoms with Gasteiger partial charge in [-0.1, -0.05) is 48.0 Å². The summed E-state index contributed by atoms with van der Waals surface area (Å²) in [6.07, 6.45) is -0.670. The molecular weight excluding hydrogens is 378 g/mol. The highest BCUT2D eigenvalue weighted by molar-refractivity contribution is 7.91. The van der Waals surface area contributed by atoms with Crippen LogP contribution < -0.4 is 5.32 Å². The number of hydrogen-bond donors (Lipinski definition) is 1. The molecule has 1 fully saturated rings. The van der Waals surface area contributed by atoms with Gasteiger partial charge >= 0.3 is 5.97 Å². The Morgan fingerprint density at radius 3 is 2.39 bits per heavy atom. The van der Waals surface area contributed by atoms with Crippen LogP contribution in [0.25, 0.3) is 0 Å². The molecule has 7 heteroatoms. The van der Waals surface area contributed by atoms with Crippen molar-refractivity contribution in [3.63, 3.8) is 0 Å². The summed E-state index contributed by atoms with van der Waals surface area (Å²) in [6, 6.07) is 16.1. The van der Waals surface area contributed by atoms with E-state index in [-0.39, 0.29) is 23.8 Å². The van der Waals surface area contributed by atoms with Crippen LogP contribution in [-0.2, 0) is 24.2 Å². The number of nitrogens with one attached hydrogen (secondary N) is 1. The van der Waals surface area contributed by atoms with Crippen LogP contribution in [0.1, 0.15) is 30.1 Å². The van der Waals surface area contributed by atoms with Crippen LogP contribution in [0.5, 0.6) is 0 Å². The lowest BCUT2D eigenvalue weighted by Crippen LogP contribution is -2.26. The Morgan fingerprint density at radius 2 is 1.79 bits per heavy atom. The van der Waals surface area contributed by atoms with Gasteiger partial charge in [-0.05, 0) is 31.4 Å². The fraction of sp³-hybridized carbons (Fsp3) is 0.333. The number of sulfone groups is 1. The SMILES string of the molecule is Cc1ccc(NC(=O)[C@H](OC(=O)C[C@@H]2CCS(=O)(=O)C2)c2ccccc2)cc1. The fourth-order valence-corrected chi connectivity index (χ4v) is 5.06. The van der Waals surface area contributed by atoms with E-state index in [0.717, 1.165) is 5.56 Å². The second-order valence-electron chi connectivity index (χ2n) is 7.11. The van der Waals surface area contributed by atoms with Crippen molar-refractivity contribution in [2.45, 2.75) is 25.9 Å². The predicted octanol–water partition coefficient (Wildman–Crippen LogP) is 3.04. The highest BCUT2D eigenvalue weighted by Crippen LogP contribution is 2.25. The molecule has 1 aliphatic rings. The van der Waals surface area contributed by atoms with Crippen LogP contribution in [0.15, 0.2) is 54.6 Å². The molecule has 2 aromatic rings. The molecule has 0 unspecified atom stereocenters. The van der Waals surface area contributed by atoms with Crippen LogP contribution >= 0.6 is 0 Å². The van der Waals surface area contributed by atoms with Crippen molar-refractivity contribution in [3.05, 3.63) is 65.7 Å². The first-order valence-electron chi connectivity index (χ1n) is 9.15. The number of carbonyl (C=O) groups is 2. The average Bonchev–Trinajstić information content (AvgIpc) is 3.00. The van der Waals surface area contributed by atoms with Crippen molar-refractivity contribution in [1.82, 2.24) is 0 Å². The second-order valence-corrected chi connectivity index (χ2v) is 9.34. The van der Waals surface area contributed by atoms with E-state index in [9.17, 15) is 18.0 Å². The number of aryl methyl sites for hydroxylation is 1. The Labute approximate surface area is 164 Å². The molecule has 0 saturated carbocycles. The Balaban J connectivity index is 1.71. The molecule has 1 heterocycles. The molecule has 3 rings (SSSR count). The largest absolute Gasteiger partial charge is 0.447 e. The second kappa shape index (κ2) is 8.56. The molecule has 6 nitrogen and oxygen atoms in total. The minimum absolute atomic E-state index is 0.00628. The molecule has 0 radical (unpaired) electrons. The summed E-state index contributed by atoms with van der Waals surface area (Å²) in [5.74, 6) is -1.19. The van der Waals surface area contributed by atoms with Gasteiger partial charge in [-0.3, -0.25) is 9.59 Å². The maximum absolute atomic E-state index is 12.8. The first-order chi connectivity index (χ1) is 13.3. The normalized spacial score (nSPS) is 19.0. The molecule has 0 spiro atoms. The van der Waals surface area contributed by atoms with E-state index in [4.69, 9.17) is 4.74 Å². The summed E-state index contributed by atoms with van der Waals surface area (Å²) in [6.45, 7) is 1.95. The van der Waals surface area contributed by atoms with Gasteiger partial charge in [-0.25, -0.2) is 8.42 Å². The zero-order chi connectivity index (χ0) is 20.1. The van der Waals surface area contributed by atoms with E-state index in [1.54, 1.807) is 36.4 Å². The zero-order valence-corrected chi connectivity index (χ0v) is 16.4. The average molecular weight is 401 g/mol. The third kappa shape index (κ3) is 5.42. The van der Waals surface area contributed by atoms with Crippen LogP contribution in [0.4, 0.5) is 5.69 Å². The van der Waals surface area contributed by atoms with E-state index in [2.05, 4.69) is 5.32 Å². The number of ether oxygens (including phenoxy) is 1. The van der Waals surface area contributed by atoms with Crippen molar-refractivity contribution in [1.29, 1.82) is 0 Å². The van der Waals surface area contributed by atoms with Crippen molar-refractivity contribution in [2.24, 2.45) is 5.92 Å². The van der Waals surface area contributed by atoms with Gasteiger partial charge in [0.2, 0.25) is 6.10 Å². The van der Waals surface area contributed by atoms with E-state index < -0.39 is 27.8 Å². The Hall–Kier alpha value is -2.67. The number of benzene rings is 2. The zero-order valence-electron chi connectivity index (χ0n) is 15.6. The van der Waals surface area contributed by atoms with Gasteiger partial charge in [0.25, 0.3) is 5.91 Å². The highest BCUT2D eigenvalue weighted by Gasteiger charge is 2.32. The molecule has 1 aliphatic heterocycles. The molecule has 28 heavy (non-hydrogen) atoms. The van der Waals surface area contributed by atoms with Crippen molar-refractivity contribution < 1.29 is 22.7 Å². The predicted molar refractivity (Wildman–Crippen MR) is 106 cm³/mol. The molecule has 1 saturated heterocycles. The Morgan fingerprint density at radius 1 is 1.11 bits per heavy atom. The van der Waals surface area contributed by atoms with Crippen molar-refractivity contribution in [2.75, 3.05) is 16.8 Å². The first-order valence-corrected chi connectivity index (χ1v) is 11.0. The standard InChI is InChI=1S/C21H23NO5S/c1-15-7-9-18(10-8-15)22-21(24)20(17-5-3-2-4-6-17)27-19(23)13-16-11-12-28(25,26)14-16/h2-10,16,20H,11-14H2,1H3,(H,22,24)/t16-,20+/m0/s1. The van der Waals surface area contributed by atoms with E-state index >= 15 is 0 Å². The molecule has 0 aliphatic carbocycles. The summed E-state index contributed by atoms with van der Waals surface area (Å²) in [5, 5.41) is 2.77. The number of anilines is 1. The summed E-state index contributed by atoms with van der Waals surface area (Å²) in [4.78, 5) is 25.2. The van der Waals surface area contributed by atoms with E-state index in [1.807, 2.05) is 25.1 Å². The van der Waals surface area contributed by atoms with Crippen LogP contribution in [0.2, 0.25) is 0 Å². The maximum Gasteiger partial charge on any atom is 0.307 e. The van der Waals surface area contributed by atoms with Crippen LogP contribution in [0, 0.1) is 12.8 Å². The van der Waals surface area contributed by atoms with Gasteiger partial charge in [-0.15, -0.1) is 0 Å². The lowest BCUT2D eigenvalue weighted by molar-refractivity contribution is -0.155. The van der Waals surface area contributed by atoms with Gasteiger partial charge in [0.15, 0.2) is 9.84 Å². The summed E-state index contributed by atoms with van der Waals surface area (Å²) < 4.78 is 28.6. The molecule has 2 aromatic carbocycles. The molecule has 1 N–H and O–H groups in total. The monoisotopic (exact) mass is 401 g/mol. The molecule has 2 atom stereocenters. The number of carbonyl (C=O) groups excluding carboxylic acids is 2. The molecule has 1 amide bonds. The van der Waals surface area contributed by atoms with Crippen molar-refractivity contribution >= 4 is 27.4 Å². The smallest absolute Gasteiger partial charge is 0.307 e. The minimum atomic E-state index is -3.07. The lowest BCUT2D eigenvalue weighted by Gasteiger charge is -2.19. The van der Waals surface area contributed by atoms with Gasteiger partial charge in [-0.2, -0.15) is 0 Å². The number of hydrogen-bond acceptors (Lipinski definition) is 5. The third-order valence-corrected chi connectivity index (χ3v) is 6.53. The summed E-state index contributed by atoms with van der Waals surface area (Å²) in [7, 11) is -3.07. The van der Waals surface area contributed by atoms with Crippen LogP contribution in [-0.4, -0.2) is 31.8 Å². The topological polar surface area (TPSA) is 89.5 Å².